The molecule has 0 aliphatic carbocycles. The first-order valence-electron chi connectivity index (χ1n) is 4.05. The summed E-state index contributed by atoms with van der Waals surface area (Å²) in [4.78, 5) is 4.03. The summed E-state index contributed by atoms with van der Waals surface area (Å²) < 4.78 is 10.3. The van der Waals surface area contributed by atoms with Crippen molar-refractivity contribution in [2.45, 2.75) is 19.8 Å². The van der Waals surface area contributed by atoms with Gasteiger partial charge in [0.2, 0.25) is 0 Å². The van der Waals surface area contributed by atoms with Crippen LogP contribution in [0.5, 0.6) is 5.75 Å². The highest BCUT2D eigenvalue weighted by Crippen LogP contribution is 2.37. The predicted octanol–water partition coefficient (Wildman–Crippen LogP) is 1.27. The fourth-order valence-corrected chi connectivity index (χ4v) is 1.47. The molecule has 2 rings (SSSR count). The van der Waals surface area contributed by atoms with Crippen molar-refractivity contribution in [2.75, 3.05) is 7.11 Å². The van der Waals surface area contributed by atoms with E-state index in [-0.39, 0.29) is 5.75 Å². The molecule has 1 N–H and O–H groups in total. The van der Waals surface area contributed by atoms with Gasteiger partial charge >= 0.3 is 0 Å². The van der Waals surface area contributed by atoms with Crippen molar-refractivity contribution in [2.24, 2.45) is 0 Å². The van der Waals surface area contributed by atoms with Gasteiger partial charge in [-0.05, 0) is 6.92 Å². The van der Waals surface area contributed by atoms with Gasteiger partial charge in [-0.2, -0.15) is 0 Å². The van der Waals surface area contributed by atoms with Gasteiger partial charge in [-0.3, -0.25) is 4.98 Å². The van der Waals surface area contributed by atoms with Crippen molar-refractivity contribution < 1.29 is 14.6 Å². The van der Waals surface area contributed by atoms with E-state index < -0.39 is 6.29 Å². The summed E-state index contributed by atoms with van der Waals surface area (Å²) in [7, 11) is 1.55. The zero-order valence-electron chi connectivity index (χ0n) is 7.57. The summed E-state index contributed by atoms with van der Waals surface area (Å²) in [5.41, 5.74) is 2.22. The van der Waals surface area contributed by atoms with Crippen molar-refractivity contribution in [3.8, 4) is 5.75 Å². The van der Waals surface area contributed by atoms with E-state index in [2.05, 4.69) is 4.98 Å². The van der Waals surface area contributed by atoms with Gasteiger partial charge in [0.05, 0.1) is 17.9 Å². The molecule has 0 aromatic carbocycles. The Morgan fingerprint density at radius 3 is 3.15 bits per heavy atom. The van der Waals surface area contributed by atoms with Crippen molar-refractivity contribution in [1.29, 1.82) is 0 Å². The van der Waals surface area contributed by atoms with Crippen LogP contribution in [0.15, 0.2) is 6.20 Å². The van der Waals surface area contributed by atoms with E-state index in [1.807, 2.05) is 0 Å². The molecule has 70 valence electrons. The van der Waals surface area contributed by atoms with Crippen molar-refractivity contribution in [3.63, 3.8) is 0 Å². The van der Waals surface area contributed by atoms with E-state index in [4.69, 9.17) is 9.47 Å². The van der Waals surface area contributed by atoms with Gasteiger partial charge in [-0.25, -0.2) is 0 Å². The van der Waals surface area contributed by atoms with E-state index >= 15 is 0 Å². The van der Waals surface area contributed by atoms with Crippen LogP contribution >= 0.6 is 0 Å². The molecule has 1 aliphatic heterocycles. The molecule has 0 radical (unpaired) electrons. The number of hydrogen-bond donors (Lipinski definition) is 1. The number of nitrogens with zero attached hydrogens (tertiary/aromatic N) is 1. The van der Waals surface area contributed by atoms with Gasteiger partial charge in [0.25, 0.3) is 0 Å². The van der Waals surface area contributed by atoms with Crippen LogP contribution in [0.3, 0.4) is 0 Å². The number of methoxy groups -OCH3 is 1. The maximum Gasteiger partial charge on any atom is 0.187 e. The summed E-state index contributed by atoms with van der Waals surface area (Å²) in [6, 6.07) is 0. The Kier molecular flexibility index (Phi) is 1.94. The molecule has 2 heterocycles. The number of hydrogen-bond acceptors (Lipinski definition) is 4. The lowest BCUT2D eigenvalue weighted by atomic mass is 10.1. The van der Waals surface area contributed by atoms with E-state index in [9.17, 15) is 5.11 Å². The summed E-state index contributed by atoms with van der Waals surface area (Å²) in [5.74, 6) is 0.182. The molecule has 4 heteroatoms. The van der Waals surface area contributed by atoms with Crippen LogP contribution in [-0.2, 0) is 16.1 Å². The molecule has 0 fully saturated rings. The highest BCUT2D eigenvalue weighted by Gasteiger charge is 2.27. The normalized spacial score (nSPS) is 20.3. The molecular weight excluding hydrogens is 170 g/mol. The molecule has 0 spiro atoms. The maximum absolute atomic E-state index is 9.70. The smallest absolute Gasteiger partial charge is 0.187 e. The van der Waals surface area contributed by atoms with Gasteiger partial charge in [-0.15, -0.1) is 0 Å². The third-order valence-electron chi connectivity index (χ3n) is 2.20. The minimum absolute atomic E-state index is 0.182. The minimum atomic E-state index is -0.448. The zero-order chi connectivity index (χ0) is 9.42. The molecule has 1 aliphatic rings. The number of aryl methyl sites for hydroxylation is 1. The topological polar surface area (TPSA) is 51.6 Å². The second kappa shape index (κ2) is 2.97. The van der Waals surface area contributed by atoms with Gasteiger partial charge in [0.15, 0.2) is 6.29 Å². The number of aromatic hydroxyl groups is 1. The van der Waals surface area contributed by atoms with E-state index in [0.29, 0.717) is 12.3 Å². The van der Waals surface area contributed by atoms with Crippen molar-refractivity contribution >= 4 is 0 Å². The van der Waals surface area contributed by atoms with Crippen LogP contribution in [0.25, 0.3) is 0 Å². The minimum Gasteiger partial charge on any atom is -0.506 e. The van der Waals surface area contributed by atoms with E-state index in [1.165, 1.54) is 0 Å². The molecule has 0 saturated heterocycles. The largest absolute Gasteiger partial charge is 0.506 e. The van der Waals surface area contributed by atoms with Gasteiger partial charge in [0.1, 0.15) is 5.75 Å². The molecule has 1 atom stereocenters. The molecule has 0 bridgehead atoms. The highest BCUT2D eigenvalue weighted by molar-refractivity contribution is 5.43. The third kappa shape index (κ3) is 1.18. The van der Waals surface area contributed by atoms with Crippen molar-refractivity contribution in [1.82, 2.24) is 4.98 Å². The van der Waals surface area contributed by atoms with Crippen LogP contribution in [0.4, 0.5) is 0 Å². The molecule has 0 saturated carbocycles. The van der Waals surface area contributed by atoms with Crippen LogP contribution in [-0.4, -0.2) is 17.2 Å². The Labute approximate surface area is 76.1 Å². The monoisotopic (exact) mass is 181 g/mol. The second-order valence-corrected chi connectivity index (χ2v) is 3.01. The van der Waals surface area contributed by atoms with Gasteiger partial charge in [-0.1, -0.05) is 0 Å². The van der Waals surface area contributed by atoms with E-state index in [0.717, 1.165) is 11.1 Å². The van der Waals surface area contributed by atoms with Crippen LogP contribution < -0.4 is 0 Å². The average Bonchev–Trinajstić information content (AvgIpc) is 2.55. The Hall–Kier alpha value is -1.13. The first-order valence-corrected chi connectivity index (χ1v) is 4.05. The number of fused-ring (bicyclic) bond motifs is 1. The predicted molar refractivity (Wildman–Crippen MR) is 45.2 cm³/mol. The summed E-state index contributed by atoms with van der Waals surface area (Å²) in [5, 5.41) is 9.70. The lowest BCUT2D eigenvalue weighted by Gasteiger charge is -2.10. The third-order valence-corrected chi connectivity index (χ3v) is 2.20. The van der Waals surface area contributed by atoms with Gasteiger partial charge < -0.3 is 14.6 Å². The maximum atomic E-state index is 9.70. The standard InChI is InChI=1S/C9H11NO3/c1-5-8(11)7-6(3-10-5)4-13-9(7)12-2/h3,9,11H,4H2,1-2H3. The fourth-order valence-electron chi connectivity index (χ4n) is 1.47. The SMILES string of the molecule is COC1OCc2cnc(C)c(O)c21. The van der Waals surface area contributed by atoms with Crippen LogP contribution in [0.2, 0.25) is 0 Å². The molecular formula is C9H11NO3. The molecule has 1 unspecified atom stereocenters. The highest BCUT2D eigenvalue weighted by atomic mass is 16.7. The fraction of sp³-hybridized carbons (Fsp3) is 0.444. The summed E-state index contributed by atoms with van der Waals surface area (Å²) in [6.45, 7) is 2.20. The van der Waals surface area contributed by atoms with Crippen LogP contribution in [0.1, 0.15) is 23.1 Å². The molecule has 1 aromatic heterocycles. The van der Waals surface area contributed by atoms with Gasteiger partial charge in [0, 0.05) is 18.9 Å². The molecule has 13 heavy (non-hydrogen) atoms. The lowest BCUT2D eigenvalue weighted by molar-refractivity contribution is -0.118. The number of pyridine rings is 1. The Bertz CT molecular complexity index is 338. The quantitative estimate of drug-likeness (QED) is 0.708. The Morgan fingerprint density at radius 1 is 1.69 bits per heavy atom. The van der Waals surface area contributed by atoms with Crippen molar-refractivity contribution in [3.05, 3.63) is 23.0 Å². The Balaban J connectivity index is 2.54. The first kappa shape index (κ1) is 8.47. The number of rotatable bonds is 1. The average molecular weight is 181 g/mol. The molecule has 0 amide bonds. The zero-order valence-corrected chi connectivity index (χ0v) is 7.57. The second-order valence-electron chi connectivity index (χ2n) is 3.01. The van der Waals surface area contributed by atoms with Crippen LogP contribution in [0, 0.1) is 6.92 Å². The molecule has 1 aromatic rings. The Morgan fingerprint density at radius 2 is 2.46 bits per heavy atom. The number of aromatic nitrogens is 1. The first-order chi connectivity index (χ1) is 6.24. The molecule has 4 nitrogen and oxygen atoms in total. The summed E-state index contributed by atoms with van der Waals surface area (Å²) in [6.07, 6.45) is 1.26. The number of ether oxygens (including phenoxy) is 2. The van der Waals surface area contributed by atoms with E-state index in [1.54, 1.807) is 20.2 Å². The summed E-state index contributed by atoms with van der Waals surface area (Å²) >= 11 is 0. The lowest BCUT2D eigenvalue weighted by Crippen LogP contribution is -1.99.